The van der Waals surface area contributed by atoms with Gasteiger partial charge in [-0.05, 0) is 32.1 Å². The van der Waals surface area contributed by atoms with E-state index in [9.17, 15) is 10.2 Å². The lowest BCUT2D eigenvalue weighted by Gasteiger charge is -2.49. The molecule has 0 aliphatic carbocycles. The third-order valence-electron chi connectivity index (χ3n) is 5.78. The van der Waals surface area contributed by atoms with Gasteiger partial charge in [-0.25, -0.2) is 0 Å². The second-order valence-electron chi connectivity index (χ2n) is 9.03. The second-order valence-corrected chi connectivity index (χ2v) is 10.2. The quantitative estimate of drug-likeness (QED) is 0.559. The van der Waals surface area contributed by atoms with Crippen molar-refractivity contribution >= 4 is 11.8 Å². The third kappa shape index (κ3) is 6.56. The van der Waals surface area contributed by atoms with Gasteiger partial charge in [0.1, 0.15) is 6.10 Å². The largest absolute Gasteiger partial charge is 0.394 e. The molecule has 0 radical (unpaired) electrons. The van der Waals surface area contributed by atoms with Gasteiger partial charge in [-0.1, -0.05) is 26.7 Å². The van der Waals surface area contributed by atoms with Crippen molar-refractivity contribution in [1.29, 1.82) is 0 Å². The molecule has 0 aromatic carbocycles. The zero-order valence-corrected chi connectivity index (χ0v) is 18.0. The van der Waals surface area contributed by atoms with E-state index >= 15 is 0 Å². The van der Waals surface area contributed by atoms with Crippen LogP contribution in [0.15, 0.2) is 0 Å². The van der Waals surface area contributed by atoms with Crippen LogP contribution in [-0.4, -0.2) is 76.8 Å². The Bertz CT molecular complexity index is 442. The maximum absolute atomic E-state index is 11.0. The van der Waals surface area contributed by atoms with Crippen LogP contribution in [0.25, 0.3) is 0 Å². The predicted molar refractivity (Wildman–Crippen MR) is 107 cm³/mol. The van der Waals surface area contributed by atoms with Gasteiger partial charge in [-0.2, -0.15) is 11.8 Å². The fraction of sp³-hybridized carbons (Fsp3) is 1.00. The van der Waals surface area contributed by atoms with Crippen LogP contribution < -0.4 is 0 Å². The first-order valence-electron chi connectivity index (χ1n) is 10.1. The summed E-state index contributed by atoms with van der Waals surface area (Å²) in [6, 6.07) is 0. The summed E-state index contributed by atoms with van der Waals surface area (Å²) in [6.45, 7) is 9.34. The third-order valence-corrected chi connectivity index (χ3v) is 6.80. The molecule has 3 N–H and O–H groups in total. The Labute approximate surface area is 168 Å². The normalized spacial score (nSPS) is 36.3. The Balaban J connectivity index is 2.11. The van der Waals surface area contributed by atoms with E-state index in [1.165, 1.54) is 0 Å². The molecule has 0 spiro atoms. The lowest BCUT2D eigenvalue weighted by Crippen LogP contribution is -2.60. The number of rotatable bonds is 7. The van der Waals surface area contributed by atoms with E-state index in [4.69, 9.17) is 19.3 Å². The summed E-state index contributed by atoms with van der Waals surface area (Å²) in [5, 5.41) is 30.4. The van der Waals surface area contributed by atoms with Crippen molar-refractivity contribution in [3.63, 3.8) is 0 Å². The Morgan fingerprint density at radius 2 is 1.74 bits per heavy atom. The van der Waals surface area contributed by atoms with Crippen molar-refractivity contribution in [2.45, 2.75) is 83.6 Å². The van der Waals surface area contributed by atoms with Crippen molar-refractivity contribution in [3.05, 3.63) is 0 Å². The fourth-order valence-corrected chi connectivity index (χ4v) is 5.21. The lowest BCUT2D eigenvalue weighted by atomic mass is 9.68. The van der Waals surface area contributed by atoms with E-state index in [1.54, 1.807) is 11.8 Å². The molecule has 0 amide bonds. The molecule has 5 unspecified atom stereocenters. The highest BCUT2D eigenvalue weighted by molar-refractivity contribution is 7.99. The number of aliphatic hydroxyl groups is 3. The zero-order chi connectivity index (χ0) is 20.1. The molecule has 27 heavy (non-hydrogen) atoms. The van der Waals surface area contributed by atoms with E-state index in [1.807, 2.05) is 13.8 Å². The van der Waals surface area contributed by atoms with Crippen LogP contribution in [0.2, 0.25) is 0 Å². The van der Waals surface area contributed by atoms with Crippen LogP contribution in [-0.2, 0) is 14.2 Å². The predicted octanol–water partition coefficient (Wildman–Crippen LogP) is 2.19. The number of hydrogen-bond acceptors (Lipinski definition) is 7. The minimum Gasteiger partial charge on any atom is -0.394 e. The molecule has 7 heteroatoms. The zero-order valence-electron chi connectivity index (χ0n) is 17.2. The number of hydrogen-bond donors (Lipinski definition) is 3. The van der Waals surface area contributed by atoms with Crippen molar-refractivity contribution in [2.24, 2.45) is 11.3 Å². The molecule has 3 fully saturated rings. The van der Waals surface area contributed by atoms with Gasteiger partial charge >= 0.3 is 0 Å². The summed E-state index contributed by atoms with van der Waals surface area (Å²) in [5.41, 5.74) is -0.541. The molecule has 0 aromatic rings. The molecular formula is C20H38O6S. The van der Waals surface area contributed by atoms with Crippen LogP contribution >= 0.6 is 11.8 Å². The average Bonchev–Trinajstić information content (AvgIpc) is 2.60. The minimum atomic E-state index is -1.04. The number of aliphatic hydroxyl groups excluding tert-OH is 3. The monoisotopic (exact) mass is 406 g/mol. The summed E-state index contributed by atoms with van der Waals surface area (Å²) in [7, 11) is 0. The van der Waals surface area contributed by atoms with Crippen molar-refractivity contribution in [3.8, 4) is 0 Å². The smallest absolute Gasteiger partial charge is 0.186 e. The first-order valence-corrected chi connectivity index (χ1v) is 11.3. The molecule has 160 valence electrons. The molecule has 0 saturated carbocycles. The Morgan fingerprint density at radius 1 is 1.04 bits per heavy atom. The van der Waals surface area contributed by atoms with Crippen molar-refractivity contribution in [1.82, 2.24) is 0 Å². The van der Waals surface area contributed by atoms with Gasteiger partial charge in [-0.15, -0.1) is 0 Å². The van der Waals surface area contributed by atoms with E-state index in [0.29, 0.717) is 19.0 Å². The van der Waals surface area contributed by atoms with E-state index in [-0.39, 0.29) is 24.0 Å². The maximum Gasteiger partial charge on any atom is 0.186 e. The second kappa shape index (κ2) is 10.2. The van der Waals surface area contributed by atoms with Gasteiger partial charge in [0.25, 0.3) is 0 Å². The standard InChI is InChI=1S/C20H38O6S/c1-19(2)7-5-6-8-20(3,4)26-18-17(23)16(22)15(19)14(25-18)13-27-12-11-24-10-9-21/h14-18,21-23H,5-13H2,1-4H3. The van der Waals surface area contributed by atoms with Gasteiger partial charge in [-0.3, -0.25) is 0 Å². The highest BCUT2D eigenvalue weighted by Gasteiger charge is 2.51. The van der Waals surface area contributed by atoms with Crippen molar-refractivity contribution < 1.29 is 29.5 Å². The SMILES string of the molecule is CC1(C)CCCCC(C)(C)C2C(CSCCOCCO)OC(O1)C(O)C2O. The molecule has 3 saturated heterocycles. The molecule has 3 aliphatic rings. The highest BCUT2D eigenvalue weighted by atomic mass is 32.2. The van der Waals surface area contributed by atoms with Crippen LogP contribution in [0, 0.1) is 11.3 Å². The van der Waals surface area contributed by atoms with Crippen LogP contribution in [0.1, 0.15) is 53.4 Å². The van der Waals surface area contributed by atoms with Crippen LogP contribution in [0.3, 0.4) is 0 Å². The van der Waals surface area contributed by atoms with E-state index < -0.39 is 24.1 Å². The number of fused-ring (bicyclic) bond motifs is 8. The maximum atomic E-state index is 11.0. The molecule has 5 atom stereocenters. The number of ether oxygens (including phenoxy) is 3. The van der Waals surface area contributed by atoms with Gasteiger partial charge in [0.2, 0.25) is 0 Å². The molecular weight excluding hydrogens is 368 g/mol. The lowest BCUT2D eigenvalue weighted by molar-refractivity contribution is -0.316. The first kappa shape index (κ1) is 23.4. The number of thioether (sulfide) groups is 1. The highest BCUT2D eigenvalue weighted by Crippen LogP contribution is 2.45. The molecule has 3 aliphatic heterocycles. The summed E-state index contributed by atoms with van der Waals surface area (Å²) in [5.74, 6) is 1.35. The summed E-state index contributed by atoms with van der Waals surface area (Å²) in [4.78, 5) is 0. The topological polar surface area (TPSA) is 88.4 Å². The minimum absolute atomic E-state index is 0.0333. The molecule has 3 heterocycles. The van der Waals surface area contributed by atoms with Gasteiger partial charge < -0.3 is 29.5 Å². The molecule has 6 nitrogen and oxygen atoms in total. The summed E-state index contributed by atoms with van der Waals surface area (Å²) < 4.78 is 17.6. The Morgan fingerprint density at radius 3 is 2.44 bits per heavy atom. The fourth-order valence-electron chi connectivity index (χ4n) is 4.29. The van der Waals surface area contributed by atoms with E-state index in [2.05, 4.69) is 13.8 Å². The Hall–Kier alpha value is 0.110. The average molecular weight is 407 g/mol. The van der Waals surface area contributed by atoms with Crippen LogP contribution in [0.4, 0.5) is 0 Å². The van der Waals surface area contributed by atoms with E-state index in [0.717, 1.165) is 31.4 Å². The van der Waals surface area contributed by atoms with Gasteiger partial charge in [0.15, 0.2) is 6.29 Å². The molecule has 0 aromatic heterocycles. The van der Waals surface area contributed by atoms with Gasteiger partial charge in [0.05, 0.1) is 37.6 Å². The van der Waals surface area contributed by atoms with Gasteiger partial charge in [0, 0.05) is 17.4 Å². The molecule has 3 rings (SSSR count). The summed E-state index contributed by atoms with van der Waals surface area (Å²) >= 11 is 1.71. The molecule has 2 bridgehead atoms. The van der Waals surface area contributed by atoms with Crippen molar-refractivity contribution in [2.75, 3.05) is 31.3 Å². The Kier molecular flexibility index (Phi) is 8.86. The first-order chi connectivity index (χ1) is 12.7. The van der Waals surface area contributed by atoms with Crippen LogP contribution in [0.5, 0.6) is 0 Å². The summed E-state index contributed by atoms with van der Waals surface area (Å²) in [6.07, 6.45) is 1.09.